The zero-order valence-corrected chi connectivity index (χ0v) is 16.3. The van der Waals surface area contributed by atoms with Gasteiger partial charge in [0.25, 0.3) is 5.69 Å². The van der Waals surface area contributed by atoms with Crippen LogP contribution >= 0.6 is 0 Å². The lowest BCUT2D eigenvalue weighted by Gasteiger charge is -2.34. The Kier molecular flexibility index (Phi) is 6.10. The van der Waals surface area contributed by atoms with Crippen molar-refractivity contribution in [2.75, 3.05) is 36.9 Å². The molecule has 0 spiro atoms. The highest BCUT2D eigenvalue weighted by Crippen LogP contribution is 2.31. The molecule has 2 amide bonds. The summed E-state index contributed by atoms with van der Waals surface area (Å²) < 4.78 is 4.89. The Bertz CT molecular complexity index is 904. The highest BCUT2D eigenvalue weighted by molar-refractivity contribution is 5.94. The normalized spacial score (nSPS) is 14.5. The van der Waals surface area contributed by atoms with Crippen LogP contribution in [0.5, 0.6) is 0 Å². The lowest BCUT2D eigenvalue weighted by molar-refractivity contribution is -0.384. The van der Waals surface area contributed by atoms with E-state index in [1.54, 1.807) is 38.2 Å². The van der Waals surface area contributed by atoms with Gasteiger partial charge in [0, 0.05) is 38.2 Å². The predicted molar refractivity (Wildman–Crippen MR) is 106 cm³/mol. The minimum absolute atomic E-state index is 0.0640. The van der Waals surface area contributed by atoms with Crippen LogP contribution in [-0.4, -0.2) is 53.5 Å². The Morgan fingerprint density at radius 3 is 2.66 bits per heavy atom. The number of anilines is 2. The Morgan fingerprint density at radius 1 is 1.34 bits per heavy atom. The first-order valence-corrected chi connectivity index (χ1v) is 9.31. The first kappa shape index (κ1) is 20.3. The number of nitrogens with zero attached hydrogens (tertiary/aromatic N) is 4. The van der Waals surface area contributed by atoms with Gasteiger partial charge in [-0.2, -0.15) is 0 Å². The third-order valence-corrected chi connectivity index (χ3v) is 4.92. The molecule has 0 aliphatic carbocycles. The number of benzene rings is 1. The van der Waals surface area contributed by atoms with Gasteiger partial charge in [0.05, 0.1) is 11.5 Å². The standard InChI is InChI=1S/C19H23N5O5/c1-13-11-17(21-29-13)20-18(25)12-22(2)19(26)14-7-9-23(10-8-14)15-5-3-4-6-16(15)24(27)28/h3-6,11,14H,7-10,12H2,1-2H3,(H,20,21,25). The summed E-state index contributed by atoms with van der Waals surface area (Å²) in [5.74, 6) is 0.201. The molecule has 1 aliphatic heterocycles. The summed E-state index contributed by atoms with van der Waals surface area (Å²) in [6, 6.07) is 8.20. The van der Waals surface area contributed by atoms with Gasteiger partial charge in [-0.1, -0.05) is 17.3 Å². The van der Waals surface area contributed by atoms with Crippen LogP contribution in [0, 0.1) is 23.0 Å². The molecule has 1 aromatic carbocycles. The number of rotatable bonds is 6. The van der Waals surface area contributed by atoms with E-state index in [1.807, 2.05) is 4.90 Å². The number of para-hydroxylation sites is 2. The Morgan fingerprint density at radius 2 is 2.03 bits per heavy atom. The average Bonchev–Trinajstić information content (AvgIpc) is 3.11. The van der Waals surface area contributed by atoms with Crippen LogP contribution in [0.25, 0.3) is 0 Å². The maximum Gasteiger partial charge on any atom is 0.292 e. The Balaban J connectivity index is 1.53. The summed E-state index contributed by atoms with van der Waals surface area (Å²) in [4.78, 5) is 39.0. The average molecular weight is 401 g/mol. The van der Waals surface area contributed by atoms with Crippen molar-refractivity contribution in [3.63, 3.8) is 0 Å². The van der Waals surface area contributed by atoms with Gasteiger partial charge in [-0.05, 0) is 25.8 Å². The van der Waals surface area contributed by atoms with Gasteiger partial charge in [0.15, 0.2) is 5.82 Å². The number of carbonyl (C=O) groups excluding carboxylic acids is 2. The van der Waals surface area contributed by atoms with E-state index in [2.05, 4.69) is 10.5 Å². The summed E-state index contributed by atoms with van der Waals surface area (Å²) in [6.45, 7) is 2.71. The first-order chi connectivity index (χ1) is 13.8. The van der Waals surface area contributed by atoms with Crippen molar-refractivity contribution in [1.29, 1.82) is 0 Å². The van der Waals surface area contributed by atoms with Gasteiger partial charge in [-0.15, -0.1) is 0 Å². The van der Waals surface area contributed by atoms with Gasteiger partial charge in [0.2, 0.25) is 11.8 Å². The van der Waals surface area contributed by atoms with E-state index in [1.165, 1.54) is 11.0 Å². The molecule has 2 aromatic rings. The van der Waals surface area contributed by atoms with Crippen LogP contribution in [0.1, 0.15) is 18.6 Å². The zero-order valence-electron chi connectivity index (χ0n) is 16.3. The third kappa shape index (κ3) is 4.89. The summed E-state index contributed by atoms with van der Waals surface area (Å²) in [7, 11) is 1.59. The smallest absolute Gasteiger partial charge is 0.292 e. The molecule has 1 fully saturated rings. The van der Waals surface area contributed by atoms with Crippen molar-refractivity contribution in [2.45, 2.75) is 19.8 Å². The number of hydrogen-bond donors (Lipinski definition) is 1. The Labute approximate surface area is 167 Å². The highest BCUT2D eigenvalue weighted by Gasteiger charge is 2.30. The minimum atomic E-state index is -0.394. The fourth-order valence-corrected chi connectivity index (χ4v) is 3.47. The predicted octanol–water partition coefficient (Wildman–Crippen LogP) is 2.20. The lowest BCUT2D eigenvalue weighted by atomic mass is 9.95. The molecule has 0 atom stereocenters. The van der Waals surface area contributed by atoms with Crippen LogP contribution in [0.15, 0.2) is 34.9 Å². The van der Waals surface area contributed by atoms with Crippen LogP contribution < -0.4 is 10.2 Å². The molecule has 2 heterocycles. The number of aryl methyl sites for hydroxylation is 1. The van der Waals surface area contributed by atoms with Gasteiger partial charge in [0.1, 0.15) is 11.4 Å². The molecule has 1 aliphatic rings. The second kappa shape index (κ2) is 8.72. The third-order valence-electron chi connectivity index (χ3n) is 4.92. The quantitative estimate of drug-likeness (QED) is 0.581. The molecule has 3 rings (SSSR count). The van der Waals surface area contributed by atoms with E-state index in [0.717, 1.165) is 0 Å². The molecular weight excluding hydrogens is 378 g/mol. The molecule has 0 radical (unpaired) electrons. The monoisotopic (exact) mass is 401 g/mol. The number of hydrogen-bond acceptors (Lipinski definition) is 7. The summed E-state index contributed by atoms with van der Waals surface area (Å²) in [5.41, 5.74) is 0.633. The molecule has 10 nitrogen and oxygen atoms in total. The number of carbonyl (C=O) groups is 2. The maximum atomic E-state index is 12.7. The van der Waals surface area contributed by atoms with E-state index < -0.39 is 4.92 Å². The lowest BCUT2D eigenvalue weighted by Crippen LogP contribution is -2.43. The number of aromatic nitrogens is 1. The summed E-state index contributed by atoms with van der Waals surface area (Å²) >= 11 is 0. The molecule has 154 valence electrons. The van der Waals surface area contributed by atoms with Crippen LogP contribution in [-0.2, 0) is 9.59 Å². The molecule has 1 saturated heterocycles. The molecule has 1 N–H and O–H groups in total. The van der Waals surface area contributed by atoms with Crippen LogP contribution in [0.3, 0.4) is 0 Å². The van der Waals surface area contributed by atoms with Gasteiger partial charge in [-0.3, -0.25) is 19.7 Å². The van der Waals surface area contributed by atoms with Gasteiger partial charge < -0.3 is 19.6 Å². The largest absolute Gasteiger partial charge is 0.366 e. The van der Waals surface area contributed by atoms with Crippen molar-refractivity contribution >= 4 is 29.0 Å². The van der Waals surface area contributed by atoms with Crippen LogP contribution in [0.4, 0.5) is 17.2 Å². The van der Waals surface area contributed by atoms with E-state index >= 15 is 0 Å². The topological polar surface area (TPSA) is 122 Å². The van der Waals surface area contributed by atoms with Crippen molar-refractivity contribution in [3.8, 4) is 0 Å². The first-order valence-electron chi connectivity index (χ1n) is 9.31. The van der Waals surface area contributed by atoms with E-state index in [9.17, 15) is 19.7 Å². The molecule has 0 unspecified atom stereocenters. The van der Waals surface area contributed by atoms with E-state index in [-0.39, 0.29) is 30.0 Å². The molecular formula is C19H23N5O5. The zero-order chi connectivity index (χ0) is 21.0. The van der Waals surface area contributed by atoms with Crippen LogP contribution in [0.2, 0.25) is 0 Å². The number of nitro groups is 1. The van der Waals surface area contributed by atoms with Crippen molar-refractivity contribution in [1.82, 2.24) is 10.1 Å². The molecule has 0 saturated carbocycles. The van der Waals surface area contributed by atoms with Gasteiger partial charge >= 0.3 is 0 Å². The second-order valence-electron chi connectivity index (χ2n) is 7.07. The molecule has 1 aromatic heterocycles. The molecule has 29 heavy (non-hydrogen) atoms. The summed E-state index contributed by atoms with van der Waals surface area (Å²) in [5, 5.41) is 17.5. The number of piperidine rings is 1. The van der Waals surface area contributed by atoms with E-state index in [0.29, 0.717) is 43.2 Å². The van der Waals surface area contributed by atoms with E-state index in [4.69, 9.17) is 4.52 Å². The van der Waals surface area contributed by atoms with Gasteiger partial charge in [-0.25, -0.2) is 0 Å². The SMILES string of the molecule is Cc1cc(NC(=O)CN(C)C(=O)C2CCN(c3ccccc3[N+](=O)[O-])CC2)no1. The van der Waals surface area contributed by atoms with Crippen molar-refractivity contribution in [2.24, 2.45) is 5.92 Å². The highest BCUT2D eigenvalue weighted by atomic mass is 16.6. The van der Waals surface area contributed by atoms with Crippen molar-refractivity contribution in [3.05, 3.63) is 46.2 Å². The number of likely N-dealkylation sites (N-methyl/N-ethyl adjacent to an activating group) is 1. The molecule has 0 bridgehead atoms. The maximum absolute atomic E-state index is 12.7. The molecule has 10 heteroatoms. The number of amides is 2. The fraction of sp³-hybridized carbons (Fsp3) is 0.421. The fourth-order valence-electron chi connectivity index (χ4n) is 3.47. The number of nitrogens with one attached hydrogen (secondary N) is 1. The second-order valence-corrected chi connectivity index (χ2v) is 7.07. The summed E-state index contributed by atoms with van der Waals surface area (Å²) in [6.07, 6.45) is 1.14. The Hall–Kier alpha value is -3.43. The van der Waals surface area contributed by atoms with Crippen molar-refractivity contribution < 1.29 is 19.0 Å². The minimum Gasteiger partial charge on any atom is -0.366 e. The number of nitro benzene ring substituents is 1.